The lowest BCUT2D eigenvalue weighted by Crippen LogP contribution is -2.03. The Morgan fingerprint density at radius 3 is 3.00 bits per heavy atom. The average molecular weight is 193 g/mol. The molecule has 1 aliphatic carbocycles. The third-order valence-corrected chi connectivity index (χ3v) is 2.81. The van der Waals surface area contributed by atoms with Crippen LogP contribution >= 0.6 is 0 Å². The summed E-state index contributed by atoms with van der Waals surface area (Å²) in [4.78, 5) is 4.33. The maximum absolute atomic E-state index is 9.46. The molecule has 0 amide bonds. The van der Waals surface area contributed by atoms with E-state index in [9.17, 15) is 5.11 Å². The molecule has 3 nitrogen and oxygen atoms in total. The summed E-state index contributed by atoms with van der Waals surface area (Å²) in [6.45, 7) is 0. The largest absolute Gasteiger partial charge is 0.495 e. The van der Waals surface area contributed by atoms with E-state index >= 15 is 0 Å². The van der Waals surface area contributed by atoms with Gasteiger partial charge in [0.15, 0.2) is 0 Å². The van der Waals surface area contributed by atoms with Crippen molar-refractivity contribution < 1.29 is 9.84 Å². The number of pyridine rings is 1. The van der Waals surface area contributed by atoms with Crippen molar-refractivity contribution in [3.8, 4) is 5.75 Å². The van der Waals surface area contributed by atoms with E-state index in [2.05, 4.69) is 4.98 Å². The number of hydrogen-bond acceptors (Lipinski definition) is 3. The molecule has 0 aromatic carbocycles. The highest BCUT2D eigenvalue weighted by Crippen LogP contribution is 2.37. The topological polar surface area (TPSA) is 42.4 Å². The molecule has 1 aromatic heterocycles. The summed E-state index contributed by atoms with van der Waals surface area (Å²) in [5.74, 6) is 1.20. The molecule has 1 N–H and O–H groups in total. The Labute approximate surface area is 83.7 Å². The average Bonchev–Trinajstić information content (AvgIpc) is 2.65. The number of ether oxygens (including phenoxy) is 1. The van der Waals surface area contributed by atoms with Crippen molar-refractivity contribution in [2.75, 3.05) is 7.11 Å². The molecule has 0 saturated heterocycles. The van der Waals surface area contributed by atoms with Crippen LogP contribution in [0.5, 0.6) is 5.75 Å². The minimum absolute atomic E-state index is 0.160. The van der Waals surface area contributed by atoms with E-state index in [0.717, 1.165) is 30.7 Å². The Balaban J connectivity index is 2.22. The normalized spacial score (nSPS) is 26.4. The van der Waals surface area contributed by atoms with Gasteiger partial charge in [-0.15, -0.1) is 0 Å². The third kappa shape index (κ3) is 1.73. The van der Waals surface area contributed by atoms with E-state index in [1.807, 2.05) is 12.1 Å². The zero-order valence-corrected chi connectivity index (χ0v) is 8.31. The van der Waals surface area contributed by atoms with Crippen LogP contribution in [0.1, 0.15) is 30.9 Å². The quantitative estimate of drug-likeness (QED) is 0.777. The molecule has 76 valence electrons. The minimum Gasteiger partial charge on any atom is -0.495 e. The van der Waals surface area contributed by atoms with Crippen LogP contribution in [-0.4, -0.2) is 23.3 Å². The zero-order valence-electron chi connectivity index (χ0n) is 8.31. The van der Waals surface area contributed by atoms with Gasteiger partial charge in [-0.2, -0.15) is 0 Å². The van der Waals surface area contributed by atoms with E-state index in [1.54, 1.807) is 13.3 Å². The summed E-state index contributed by atoms with van der Waals surface area (Å²) in [7, 11) is 1.66. The van der Waals surface area contributed by atoms with Crippen LogP contribution in [0.4, 0.5) is 0 Å². The van der Waals surface area contributed by atoms with Gasteiger partial charge in [-0.1, -0.05) is 0 Å². The summed E-state index contributed by atoms with van der Waals surface area (Å²) >= 11 is 0. The smallest absolute Gasteiger partial charge is 0.140 e. The Morgan fingerprint density at radius 2 is 2.36 bits per heavy atom. The molecule has 1 aromatic rings. The number of aliphatic hydroxyl groups excluding tert-OH is 1. The standard InChI is InChI=1S/C11H15NO2/c1-14-10-3-2-6-12-11(10)8-4-5-9(13)7-8/h2-3,6,8-9,13H,4-5,7H2,1H3. The van der Waals surface area contributed by atoms with Crippen LogP contribution in [0.15, 0.2) is 18.3 Å². The van der Waals surface area contributed by atoms with Crippen molar-refractivity contribution in [3.05, 3.63) is 24.0 Å². The predicted molar refractivity (Wildman–Crippen MR) is 53.4 cm³/mol. The first-order valence-electron chi connectivity index (χ1n) is 4.98. The molecule has 1 heterocycles. The fraction of sp³-hybridized carbons (Fsp3) is 0.545. The maximum Gasteiger partial charge on any atom is 0.140 e. The molecule has 2 unspecified atom stereocenters. The molecule has 1 saturated carbocycles. The van der Waals surface area contributed by atoms with Crippen molar-refractivity contribution >= 4 is 0 Å². The van der Waals surface area contributed by atoms with Gasteiger partial charge in [0, 0.05) is 12.1 Å². The lowest BCUT2D eigenvalue weighted by Gasteiger charge is -2.12. The monoisotopic (exact) mass is 193 g/mol. The summed E-state index contributed by atoms with van der Waals surface area (Å²) in [5, 5.41) is 9.46. The van der Waals surface area contributed by atoms with E-state index in [1.165, 1.54) is 0 Å². The highest BCUT2D eigenvalue weighted by atomic mass is 16.5. The molecule has 1 aliphatic rings. The Hall–Kier alpha value is -1.09. The van der Waals surface area contributed by atoms with Crippen molar-refractivity contribution in [1.82, 2.24) is 4.98 Å². The van der Waals surface area contributed by atoms with Crippen LogP contribution in [0.3, 0.4) is 0 Å². The van der Waals surface area contributed by atoms with Crippen LogP contribution in [0, 0.1) is 0 Å². The number of nitrogens with zero attached hydrogens (tertiary/aromatic N) is 1. The minimum atomic E-state index is -0.160. The molecule has 0 bridgehead atoms. The van der Waals surface area contributed by atoms with E-state index in [4.69, 9.17) is 4.74 Å². The number of rotatable bonds is 2. The molecule has 3 heteroatoms. The second-order valence-electron chi connectivity index (χ2n) is 3.75. The van der Waals surface area contributed by atoms with Crippen LogP contribution in [0.25, 0.3) is 0 Å². The second-order valence-corrected chi connectivity index (χ2v) is 3.75. The molecule has 1 fully saturated rings. The van der Waals surface area contributed by atoms with Crippen LogP contribution < -0.4 is 4.74 Å². The maximum atomic E-state index is 9.46. The Morgan fingerprint density at radius 1 is 1.50 bits per heavy atom. The lowest BCUT2D eigenvalue weighted by molar-refractivity contribution is 0.181. The van der Waals surface area contributed by atoms with Gasteiger partial charge in [-0.25, -0.2) is 0 Å². The second kappa shape index (κ2) is 3.96. The highest BCUT2D eigenvalue weighted by Gasteiger charge is 2.27. The molecular formula is C11H15NO2. The van der Waals surface area contributed by atoms with Gasteiger partial charge in [-0.3, -0.25) is 4.98 Å². The molecule has 0 aliphatic heterocycles. The predicted octanol–water partition coefficient (Wildman–Crippen LogP) is 1.72. The molecule has 2 rings (SSSR count). The van der Waals surface area contributed by atoms with Crippen molar-refractivity contribution in [2.45, 2.75) is 31.3 Å². The van der Waals surface area contributed by atoms with Gasteiger partial charge >= 0.3 is 0 Å². The molecule has 2 atom stereocenters. The van der Waals surface area contributed by atoms with Gasteiger partial charge in [0.05, 0.1) is 18.9 Å². The van der Waals surface area contributed by atoms with Crippen LogP contribution in [-0.2, 0) is 0 Å². The van der Waals surface area contributed by atoms with Gasteiger partial charge in [0.2, 0.25) is 0 Å². The Bertz CT molecular complexity index is 314. The highest BCUT2D eigenvalue weighted by molar-refractivity contribution is 5.30. The van der Waals surface area contributed by atoms with Gasteiger partial charge in [0.1, 0.15) is 5.75 Å². The molecule has 0 radical (unpaired) electrons. The van der Waals surface area contributed by atoms with Crippen molar-refractivity contribution in [3.63, 3.8) is 0 Å². The van der Waals surface area contributed by atoms with Gasteiger partial charge in [0.25, 0.3) is 0 Å². The molecule has 0 spiro atoms. The zero-order chi connectivity index (χ0) is 9.97. The number of aliphatic hydroxyl groups is 1. The first-order valence-corrected chi connectivity index (χ1v) is 4.98. The number of methoxy groups -OCH3 is 1. The van der Waals surface area contributed by atoms with E-state index < -0.39 is 0 Å². The molecular weight excluding hydrogens is 178 g/mol. The third-order valence-electron chi connectivity index (χ3n) is 2.81. The fourth-order valence-electron chi connectivity index (χ4n) is 2.09. The van der Waals surface area contributed by atoms with Crippen LogP contribution in [0.2, 0.25) is 0 Å². The summed E-state index contributed by atoms with van der Waals surface area (Å²) in [6, 6.07) is 3.79. The van der Waals surface area contributed by atoms with Gasteiger partial charge < -0.3 is 9.84 Å². The lowest BCUT2D eigenvalue weighted by atomic mass is 10.0. The first-order chi connectivity index (χ1) is 6.81. The van der Waals surface area contributed by atoms with Gasteiger partial charge in [-0.05, 0) is 31.4 Å². The summed E-state index contributed by atoms with van der Waals surface area (Å²) in [5.41, 5.74) is 0.992. The summed E-state index contributed by atoms with van der Waals surface area (Å²) in [6.07, 6.45) is 4.32. The van der Waals surface area contributed by atoms with Crippen molar-refractivity contribution in [2.24, 2.45) is 0 Å². The fourth-order valence-corrected chi connectivity index (χ4v) is 2.09. The van der Waals surface area contributed by atoms with Crippen molar-refractivity contribution in [1.29, 1.82) is 0 Å². The Kier molecular flexibility index (Phi) is 2.68. The number of aromatic nitrogens is 1. The van der Waals surface area contributed by atoms with E-state index in [-0.39, 0.29) is 6.10 Å². The molecule has 14 heavy (non-hydrogen) atoms. The first kappa shape index (κ1) is 9.46. The summed E-state index contributed by atoms with van der Waals surface area (Å²) < 4.78 is 5.25. The number of hydrogen-bond donors (Lipinski definition) is 1. The SMILES string of the molecule is COc1cccnc1C1CCC(O)C1. The van der Waals surface area contributed by atoms with E-state index in [0.29, 0.717) is 5.92 Å².